The summed E-state index contributed by atoms with van der Waals surface area (Å²) < 4.78 is 36.7. The Balaban J connectivity index is 1.26. The summed E-state index contributed by atoms with van der Waals surface area (Å²) in [6, 6.07) is 7.71. The maximum Gasteiger partial charge on any atom is 0.306 e. The molecule has 2 aromatic rings. The first-order valence-corrected chi connectivity index (χ1v) is 20.0. The number of aliphatic hydroxyl groups is 1. The highest BCUT2D eigenvalue weighted by molar-refractivity contribution is 7.15. The predicted molar refractivity (Wildman–Crippen MR) is 196 cm³/mol. The zero-order valence-electron chi connectivity index (χ0n) is 30.9. The van der Waals surface area contributed by atoms with Crippen molar-refractivity contribution in [2.45, 2.75) is 127 Å². The van der Waals surface area contributed by atoms with Crippen molar-refractivity contribution in [3.8, 4) is 10.6 Å². The van der Waals surface area contributed by atoms with Crippen LogP contribution in [0.4, 0.5) is 0 Å². The van der Waals surface area contributed by atoms with Crippen LogP contribution in [0.5, 0.6) is 0 Å². The quantitative estimate of drug-likeness (QED) is 0.300. The van der Waals surface area contributed by atoms with Gasteiger partial charge in [0.25, 0.3) is 0 Å². The molecule has 3 fully saturated rings. The van der Waals surface area contributed by atoms with Gasteiger partial charge in [-0.15, -0.1) is 11.3 Å². The topological polar surface area (TPSA) is 123 Å². The molecule has 14 atom stereocenters. The van der Waals surface area contributed by atoms with E-state index in [4.69, 9.17) is 45.0 Å². The number of hydrogen-bond donors (Lipinski definition) is 1. The smallest absolute Gasteiger partial charge is 0.306 e. The largest absolute Gasteiger partial charge is 0.462 e. The van der Waals surface area contributed by atoms with Crippen LogP contribution in [0.25, 0.3) is 10.6 Å². The van der Waals surface area contributed by atoms with Gasteiger partial charge in [-0.05, 0) is 75.0 Å². The van der Waals surface area contributed by atoms with Gasteiger partial charge in [0.15, 0.2) is 12.1 Å². The second-order valence-electron chi connectivity index (χ2n) is 15.3. The van der Waals surface area contributed by atoms with Gasteiger partial charge in [-0.1, -0.05) is 43.7 Å². The van der Waals surface area contributed by atoms with Crippen LogP contribution in [0.15, 0.2) is 35.9 Å². The van der Waals surface area contributed by atoms with E-state index >= 15 is 0 Å². The number of benzene rings is 1. The third kappa shape index (κ3) is 7.05. The number of cyclic esters (lactones) is 1. The zero-order valence-corrected chi connectivity index (χ0v) is 32.4. The number of halogens is 1. The molecule has 2 saturated heterocycles. The van der Waals surface area contributed by atoms with Crippen LogP contribution >= 0.6 is 22.9 Å². The molecule has 10 nitrogen and oxygen atoms in total. The van der Waals surface area contributed by atoms with E-state index in [2.05, 4.69) is 6.08 Å². The number of Topliss-reactive ketones (excluding diaryl/α,β-unsaturated/α-hetero) is 1. The van der Waals surface area contributed by atoms with Gasteiger partial charge in [0, 0.05) is 60.5 Å². The van der Waals surface area contributed by atoms with Crippen LogP contribution < -0.4 is 0 Å². The van der Waals surface area contributed by atoms with Crippen LogP contribution in [0.2, 0.25) is 5.02 Å². The number of aliphatic hydroxyl groups excluding tert-OH is 1. The van der Waals surface area contributed by atoms with Gasteiger partial charge in [0.05, 0.1) is 30.4 Å². The van der Waals surface area contributed by atoms with Crippen molar-refractivity contribution in [2.75, 3.05) is 21.3 Å². The number of fused-ring (bicyclic) bond motifs is 8. The van der Waals surface area contributed by atoms with E-state index in [-0.39, 0.29) is 72.4 Å². The van der Waals surface area contributed by atoms with Crippen molar-refractivity contribution in [1.82, 2.24) is 4.98 Å². The molecule has 2 unspecified atom stereocenters. The van der Waals surface area contributed by atoms with Crippen LogP contribution in [-0.2, 0) is 38.0 Å². The number of carbonyl (C=O) groups excluding carboxylic acids is 2. The summed E-state index contributed by atoms with van der Waals surface area (Å²) in [4.78, 5) is 34.5. The number of ether oxygens (including phenoxy) is 6. The summed E-state index contributed by atoms with van der Waals surface area (Å²) in [6.07, 6.45) is 2.96. The minimum absolute atomic E-state index is 0.0477. The van der Waals surface area contributed by atoms with Gasteiger partial charge >= 0.3 is 5.97 Å². The van der Waals surface area contributed by atoms with E-state index in [0.29, 0.717) is 36.3 Å². The molecule has 1 saturated carbocycles. The lowest BCUT2D eigenvalue weighted by Gasteiger charge is -2.44. The van der Waals surface area contributed by atoms with Crippen LogP contribution in [0, 0.1) is 23.7 Å². The minimum atomic E-state index is -0.770. The summed E-state index contributed by atoms with van der Waals surface area (Å²) in [5.74, 6) is -1.35. The van der Waals surface area contributed by atoms with E-state index in [1.54, 1.807) is 32.7 Å². The Morgan fingerprint density at radius 2 is 1.71 bits per heavy atom. The molecule has 1 N–H and O–H groups in total. The Morgan fingerprint density at radius 1 is 0.981 bits per heavy atom. The summed E-state index contributed by atoms with van der Waals surface area (Å²) in [7, 11) is 4.93. The van der Waals surface area contributed by atoms with Crippen molar-refractivity contribution >= 4 is 34.7 Å². The molecule has 284 valence electrons. The number of rotatable bonds is 7. The maximum absolute atomic E-state index is 14.3. The molecule has 7 rings (SSSR count). The van der Waals surface area contributed by atoms with Crippen LogP contribution in [0.1, 0.15) is 88.1 Å². The molecule has 12 heteroatoms. The molecule has 0 bridgehead atoms. The number of esters is 1. The molecular weight excluding hydrogens is 706 g/mol. The maximum atomic E-state index is 14.3. The predicted octanol–water partition coefficient (Wildman–Crippen LogP) is 6.86. The molecule has 0 spiro atoms. The highest BCUT2D eigenvalue weighted by Crippen LogP contribution is 2.63. The average molecular weight is 758 g/mol. The van der Waals surface area contributed by atoms with E-state index in [1.165, 1.54) is 4.88 Å². The summed E-state index contributed by atoms with van der Waals surface area (Å²) in [5, 5.41) is 12.7. The molecule has 2 aliphatic heterocycles. The number of methoxy groups -OCH3 is 3. The fraction of sp³-hybridized carbons (Fsp3) is 0.675. The number of hydrogen-bond acceptors (Lipinski definition) is 11. The number of allylic oxidation sites excluding steroid dienone is 2. The van der Waals surface area contributed by atoms with Crippen LogP contribution in [0.3, 0.4) is 0 Å². The molecular formula is C40H52ClNO9S. The van der Waals surface area contributed by atoms with Crippen molar-refractivity contribution in [3.05, 3.63) is 51.5 Å². The Morgan fingerprint density at radius 3 is 2.40 bits per heavy atom. The minimum Gasteiger partial charge on any atom is -0.462 e. The lowest BCUT2D eigenvalue weighted by molar-refractivity contribution is -0.314. The number of ketones is 1. The lowest BCUT2D eigenvalue weighted by Crippen LogP contribution is -2.59. The monoisotopic (exact) mass is 757 g/mol. The summed E-state index contributed by atoms with van der Waals surface area (Å²) in [6.45, 7) is 5.79. The second-order valence-corrected chi connectivity index (χ2v) is 16.8. The molecule has 5 aliphatic rings. The van der Waals surface area contributed by atoms with E-state index < -0.39 is 30.3 Å². The third-order valence-electron chi connectivity index (χ3n) is 12.4. The first kappa shape index (κ1) is 38.1. The number of thiazole rings is 1. The van der Waals surface area contributed by atoms with Gasteiger partial charge in [0.2, 0.25) is 0 Å². The fourth-order valence-corrected chi connectivity index (χ4v) is 11.1. The first-order chi connectivity index (χ1) is 25.1. The highest BCUT2D eigenvalue weighted by atomic mass is 35.5. The Bertz CT molecular complexity index is 1630. The number of carbonyl (C=O) groups is 2. The van der Waals surface area contributed by atoms with Crippen molar-refractivity contribution < 1.29 is 43.1 Å². The normalized spacial score (nSPS) is 39.3. The standard InChI is InChI=1S/C40H52ClNO9S/c1-7-23-9-8-10-30(43)19(2)34(45)28-17-26-25-15-24(51-40-37(48-6)36(47-5)35(46-4)20(3)49-40)16-29(25)38-33(32(26)27(28)18-31(44)50-23)42-39(52-38)21-11-13-22(41)14-12-21/h11-14,17,19-20,23-27,29-30,32,35-37,40,43H,7-10,15-16,18H2,1-6H3/t19-,20?,23+,24+,25+,26+,27-,29-,30+,32-,35+,36?,37+,40+/m1/s1. The fourth-order valence-electron chi connectivity index (χ4n) is 9.70. The van der Waals surface area contributed by atoms with E-state index in [0.717, 1.165) is 29.1 Å². The van der Waals surface area contributed by atoms with Gasteiger partial charge in [0.1, 0.15) is 29.4 Å². The van der Waals surface area contributed by atoms with Crippen molar-refractivity contribution in [2.24, 2.45) is 23.7 Å². The van der Waals surface area contributed by atoms with Gasteiger partial charge in [-0.3, -0.25) is 9.59 Å². The lowest BCUT2D eigenvalue weighted by atomic mass is 9.67. The van der Waals surface area contributed by atoms with Gasteiger partial charge in [-0.25, -0.2) is 4.98 Å². The summed E-state index contributed by atoms with van der Waals surface area (Å²) >= 11 is 7.95. The molecule has 1 aromatic carbocycles. The summed E-state index contributed by atoms with van der Waals surface area (Å²) in [5.41, 5.74) is 2.55. The molecule has 3 heterocycles. The number of nitrogens with zero attached hydrogens (tertiary/aromatic N) is 1. The third-order valence-corrected chi connectivity index (χ3v) is 13.9. The first-order valence-electron chi connectivity index (χ1n) is 18.9. The van der Waals surface area contributed by atoms with Crippen molar-refractivity contribution in [3.63, 3.8) is 0 Å². The second kappa shape index (κ2) is 15.9. The van der Waals surface area contributed by atoms with E-state index in [9.17, 15) is 14.7 Å². The SMILES string of the molecule is CC[C@H]1CCC[C@H](O)[C@@H](C)C(=O)C2=C[C@H]3[C@@H]4C[C@H](O[C@@H]5OC(C)[C@H](OC)C(OC)[C@@H]5OC)C[C@H]4c4sc(-c5ccc(Cl)cc5)nc4[C@H]3[C@@H]2CC(=O)O1. The zero-order chi connectivity index (χ0) is 36.8. The van der Waals surface area contributed by atoms with Crippen LogP contribution in [-0.4, -0.2) is 92.2 Å². The van der Waals surface area contributed by atoms with Gasteiger partial charge < -0.3 is 33.5 Å². The highest BCUT2D eigenvalue weighted by Gasteiger charge is 2.57. The molecule has 0 amide bonds. The average Bonchev–Trinajstić information content (AvgIpc) is 3.85. The molecule has 1 aromatic heterocycles. The number of aromatic nitrogens is 1. The Hall–Kier alpha value is -2.22. The molecule has 0 radical (unpaired) electrons. The Kier molecular flexibility index (Phi) is 11.6. The Labute approximate surface area is 315 Å². The molecule has 3 aliphatic carbocycles. The van der Waals surface area contributed by atoms with Gasteiger partial charge in [-0.2, -0.15) is 0 Å². The molecule has 52 heavy (non-hydrogen) atoms. The van der Waals surface area contributed by atoms with Crippen molar-refractivity contribution in [1.29, 1.82) is 0 Å². The van der Waals surface area contributed by atoms with E-state index in [1.807, 2.05) is 45.0 Å².